The summed E-state index contributed by atoms with van der Waals surface area (Å²) in [5, 5.41) is 9.05. The van der Waals surface area contributed by atoms with Gasteiger partial charge in [0.1, 0.15) is 5.82 Å². The lowest BCUT2D eigenvalue weighted by molar-refractivity contribution is 0.0697. The van der Waals surface area contributed by atoms with Crippen LogP contribution in [0.1, 0.15) is 21.7 Å². The molecular formula is C14H13N3O2. The van der Waals surface area contributed by atoms with Gasteiger partial charge in [-0.05, 0) is 30.2 Å². The van der Waals surface area contributed by atoms with E-state index in [0.717, 1.165) is 24.5 Å². The van der Waals surface area contributed by atoms with Gasteiger partial charge in [0.25, 0.3) is 0 Å². The maximum absolute atomic E-state index is 11.0. The fourth-order valence-electron chi connectivity index (χ4n) is 2.33. The molecule has 2 aromatic rings. The number of benzene rings is 1. The fraction of sp³-hybridized carbons (Fsp3) is 0.214. The van der Waals surface area contributed by atoms with Crippen LogP contribution < -0.4 is 4.90 Å². The van der Waals surface area contributed by atoms with E-state index in [9.17, 15) is 4.79 Å². The van der Waals surface area contributed by atoms with Crippen molar-refractivity contribution in [3.8, 4) is 0 Å². The molecule has 5 heteroatoms. The normalized spacial score (nSPS) is 13.4. The Balaban J connectivity index is 1.88. The molecule has 0 unspecified atom stereocenters. The summed E-state index contributed by atoms with van der Waals surface area (Å²) >= 11 is 0. The van der Waals surface area contributed by atoms with E-state index < -0.39 is 5.97 Å². The molecule has 1 aliphatic rings. The quantitative estimate of drug-likeness (QED) is 0.904. The largest absolute Gasteiger partial charge is 0.478 e. The number of anilines is 1. The topological polar surface area (TPSA) is 66.3 Å². The van der Waals surface area contributed by atoms with Gasteiger partial charge >= 0.3 is 5.97 Å². The van der Waals surface area contributed by atoms with Gasteiger partial charge in [0, 0.05) is 24.6 Å². The predicted molar refractivity (Wildman–Crippen MR) is 70.2 cm³/mol. The summed E-state index contributed by atoms with van der Waals surface area (Å²) in [5.41, 5.74) is 2.48. The van der Waals surface area contributed by atoms with Gasteiger partial charge in [0.2, 0.25) is 0 Å². The molecule has 1 aromatic carbocycles. The number of fused-ring (bicyclic) bond motifs is 1. The van der Waals surface area contributed by atoms with Crippen LogP contribution in [-0.2, 0) is 13.0 Å². The number of aromatic carboxylic acids is 1. The highest BCUT2D eigenvalue weighted by molar-refractivity contribution is 5.89. The second-order valence-corrected chi connectivity index (χ2v) is 4.49. The third kappa shape index (κ3) is 2.27. The molecule has 0 aliphatic carbocycles. The van der Waals surface area contributed by atoms with Crippen LogP contribution in [0.3, 0.4) is 0 Å². The van der Waals surface area contributed by atoms with Crippen molar-refractivity contribution in [2.45, 2.75) is 13.0 Å². The van der Waals surface area contributed by atoms with Crippen LogP contribution >= 0.6 is 0 Å². The van der Waals surface area contributed by atoms with E-state index >= 15 is 0 Å². The Bertz CT molecular complexity index is 613. The lowest BCUT2D eigenvalue weighted by atomic mass is 10.1. The molecule has 1 aliphatic heterocycles. The monoisotopic (exact) mass is 255 g/mol. The Hall–Kier alpha value is -2.43. The molecule has 0 amide bonds. The smallest absolute Gasteiger partial charge is 0.335 e. The van der Waals surface area contributed by atoms with Crippen LogP contribution in [0.2, 0.25) is 0 Å². The summed E-state index contributed by atoms with van der Waals surface area (Å²) < 4.78 is 0. The summed E-state index contributed by atoms with van der Waals surface area (Å²) in [5.74, 6) is -0.151. The summed E-state index contributed by atoms with van der Waals surface area (Å²) in [6.45, 7) is 1.48. The molecule has 0 fully saturated rings. The highest BCUT2D eigenvalue weighted by atomic mass is 16.4. The first-order chi connectivity index (χ1) is 9.24. The zero-order valence-corrected chi connectivity index (χ0v) is 10.3. The molecule has 3 rings (SSSR count). The van der Waals surface area contributed by atoms with E-state index in [1.54, 1.807) is 30.6 Å². The molecule has 19 heavy (non-hydrogen) atoms. The maximum Gasteiger partial charge on any atom is 0.335 e. The second kappa shape index (κ2) is 4.68. The van der Waals surface area contributed by atoms with Crippen LogP contribution in [0.5, 0.6) is 0 Å². The van der Waals surface area contributed by atoms with Crippen LogP contribution in [0.25, 0.3) is 0 Å². The fourth-order valence-corrected chi connectivity index (χ4v) is 2.33. The number of aromatic nitrogens is 2. The van der Waals surface area contributed by atoms with E-state index in [1.165, 1.54) is 5.56 Å². The van der Waals surface area contributed by atoms with E-state index in [1.807, 2.05) is 6.07 Å². The number of nitrogens with zero attached hydrogens (tertiary/aromatic N) is 3. The van der Waals surface area contributed by atoms with Gasteiger partial charge in [-0.3, -0.25) is 0 Å². The molecule has 5 nitrogen and oxygen atoms in total. The maximum atomic E-state index is 11.0. The van der Waals surface area contributed by atoms with Crippen molar-refractivity contribution in [2.75, 3.05) is 11.4 Å². The zero-order valence-electron chi connectivity index (χ0n) is 10.3. The van der Waals surface area contributed by atoms with Crippen molar-refractivity contribution < 1.29 is 9.90 Å². The lowest BCUT2D eigenvalue weighted by Gasteiger charge is -2.18. The van der Waals surface area contributed by atoms with Crippen molar-refractivity contribution >= 4 is 11.7 Å². The highest BCUT2D eigenvalue weighted by Gasteiger charge is 2.21. The summed E-state index contributed by atoms with van der Waals surface area (Å²) in [7, 11) is 0. The number of carboxylic acid groups (broad SMARTS) is 1. The average molecular weight is 255 g/mol. The van der Waals surface area contributed by atoms with Crippen molar-refractivity contribution in [3.63, 3.8) is 0 Å². The van der Waals surface area contributed by atoms with Gasteiger partial charge in [0.05, 0.1) is 12.1 Å². The lowest BCUT2D eigenvalue weighted by Crippen LogP contribution is -2.21. The molecule has 1 aromatic heterocycles. The van der Waals surface area contributed by atoms with Crippen molar-refractivity contribution in [1.29, 1.82) is 0 Å². The van der Waals surface area contributed by atoms with Crippen LogP contribution in [0.4, 0.5) is 5.69 Å². The standard InChI is InChI=1S/C14H13N3O2/c18-14(19)11-3-2-10-4-7-17(12(10)8-11)9-13-15-5-1-6-16-13/h1-3,5-6,8H,4,7,9H2,(H,18,19). The second-order valence-electron chi connectivity index (χ2n) is 4.49. The van der Waals surface area contributed by atoms with Gasteiger partial charge in [-0.25, -0.2) is 14.8 Å². The molecule has 1 N–H and O–H groups in total. The van der Waals surface area contributed by atoms with Crippen LogP contribution in [0, 0.1) is 0 Å². The Morgan fingerprint density at radius 1 is 1.32 bits per heavy atom. The number of carbonyl (C=O) groups is 1. The minimum Gasteiger partial charge on any atom is -0.478 e. The first kappa shape index (κ1) is 11.6. The molecule has 2 heterocycles. The molecular weight excluding hydrogens is 242 g/mol. The Morgan fingerprint density at radius 2 is 2.11 bits per heavy atom. The minimum absolute atomic E-state index is 0.319. The molecule has 0 spiro atoms. The number of rotatable bonds is 3. The summed E-state index contributed by atoms with van der Waals surface area (Å²) in [6, 6.07) is 7.06. The third-order valence-electron chi connectivity index (χ3n) is 3.28. The minimum atomic E-state index is -0.898. The summed E-state index contributed by atoms with van der Waals surface area (Å²) in [6.07, 6.45) is 4.36. The number of hydrogen-bond donors (Lipinski definition) is 1. The average Bonchev–Trinajstić information content (AvgIpc) is 2.82. The van der Waals surface area contributed by atoms with Gasteiger partial charge in [0.15, 0.2) is 0 Å². The third-order valence-corrected chi connectivity index (χ3v) is 3.28. The van der Waals surface area contributed by atoms with Crippen molar-refractivity contribution in [1.82, 2.24) is 9.97 Å². The van der Waals surface area contributed by atoms with Gasteiger partial charge in [-0.2, -0.15) is 0 Å². The van der Waals surface area contributed by atoms with Gasteiger partial charge in [-0.1, -0.05) is 6.07 Å². The van der Waals surface area contributed by atoms with Crippen LogP contribution in [0.15, 0.2) is 36.7 Å². The molecule has 0 radical (unpaired) electrons. The van der Waals surface area contributed by atoms with E-state index in [0.29, 0.717) is 12.1 Å². The zero-order chi connectivity index (χ0) is 13.2. The molecule has 0 saturated carbocycles. The number of hydrogen-bond acceptors (Lipinski definition) is 4. The molecule has 0 atom stereocenters. The van der Waals surface area contributed by atoms with Gasteiger partial charge < -0.3 is 10.0 Å². The molecule has 0 bridgehead atoms. The Labute approximate surface area is 110 Å². The van der Waals surface area contributed by atoms with Crippen molar-refractivity contribution in [3.05, 3.63) is 53.6 Å². The Morgan fingerprint density at radius 3 is 2.84 bits per heavy atom. The molecule has 96 valence electrons. The van der Waals surface area contributed by atoms with Gasteiger partial charge in [-0.15, -0.1) is 0 Å². The predicted octanol–water partition coefficient (Wildman–Crippen LogP) is 1.74. The highest BCUT2D eigenvalue weighted by Crippen LogP contribution is 2.29. The number of carboxylic acids is 1. The SMILES string of the molecule is O=C(O)c1ccc2c(c1)N(Cc1ncccn1)CC2. The summed E-state index contributed by atoms with van der Waals surface area (Å²) in [4.78, 5) is 21.6. The van der Waals surface area contributed by atoms with Crippen LogP contribution in [-0.4, -0.2) is 27.6 Å². The van der Waals surface area contributed by atoms with Crippen molar-refractivity contribution in [2.24, 2.45) is 0 Å². The Kier molecular flexibility index (Phi) is 2.87. The van der Waals surface area contributed by atoms with E-state index in [-0.39, 0.29) is 0 Å². The van der Waals surface area contributed by atoms with E-state index in [4.69, 9.17) is 5.11 Å². The molecule has 0 saturated heterocycles. The van der Waals surface area contributed by atoms with E-state index in [2.05, 4.69) is 14.9 Å². The first-order valence-electron chi connectivity index (χ1n) is 6.11. The first-order valence-corrected chi connectivity index (χ1v) is 6.11.